The third-order valence-electron chi connectivity index (χ3n) is 4.08. The topological polar surface area (TPSA) is 20.3 Å². The molecule has 0 atom stereocenters. The molecule has 2 nitrogen and oxygen atoms in total. The minimum absolute atomic E-state index is 0.189. The molecule has 1 fully saturated rings. The summed E-state index contributed by atoms with van der Waals surface area (Å²) in [7, 11) is 1.96. The molecular weight excluding hydrogens is 357 g/mol. The number of amides is 1. The first-order valence-electron chi connectivity index (χ1n) is 6.63. The summed E-state index contributed by atoms with van der Waals surface area (Å²) in [5.41, 5.74) is 0.851. The molecule has 0 N–H and O–H groups in total. The number of hydrogen-bond acceptors (Lipinski definition) is 2. The van der Waals surface area contributed by atoms with Crippen LogP contribution in [0.5, 0.6) is 0 Å². The number of carbonyl (C=O) groups excluding carboxylic acids is 1. The molecule has 0 saturated heterocycles. The number of halogens is 1. The highest BCUT2D eigenvalue weighted by molar-refractivity contribution is 14.1. The van der Waals surface area contributed by atoms with Crippen molar-refractivity contribution >= 4 is 39.8 Å². The average molecular weight is 377 g/mol. The molecular formula is C14H20INOS. The van der Waals surface area contributed by atoms with E-state index in [1.807, 2.05) is 23.4 Å². The highest BCUT2D eigenvalue weighted by Gasteiger charge is 2.26. The SMILES string of the molecule is CCC1CCC(N(C)C(=O)c2csc(I)c2)CC1. The van der Waals surface area contributed by atoms with Gasteiger partial charge in [0.15, 0.2) is 0 Å². The van der Waals surface area contributed by atoms with E-state index in [0.29, 0.717) is 6.04 Å². The monoisotopic (exact) mass is 377 g/mol. The van der Waals surface area contributed by atoms with Gasteiger partial charge in [0.25, 0.3) is 5.91 Å². The van der Waals surface area contributed by atoms with E-state index < -0.39 is 0 Å². The summed E-state index contributed by atoms with van der Waals surface area (Å²) in [5, 5.41) is 1.97. The van der Waals surface area contributed by atoms with E-state index in [9.17, 15) is 4.79 Å². The maximum atomic E-state index is 12.3. The van der Waals surface area contributed by atoms with Crippen molar-refractivity contribution in [2.24, 2.45) is 5.92 Å². The average Bonchev–Trinajstić information content (AvgIpc) is 2.84. The summed E-state index contributed by atoms with van der Waals surface area (Å²) in [4.78, 5) is 14.3. The second kappa shape index (κ2) is 6.37. The Bertz CT molecular complexity index is 410. The van der Waals surface area contributed by atoms with E-state index in [2.05, 4.69) is 29.5 Å². The molecule has 0 spiro atoms. The van der Waals surface area contributed by atoms with Gasteiger partial charge in [-0.1, -0.05) is 13.3 Å². The van der Waals surface area contributed by atoms with Gasteiger partial charge in [0.05, 0.1) is 8.45 Å². The molecule has 0 aliphatic heterocycles. The lowest BCUT2D eigenvalue weighted by Gasteiger charge is -2.34. The van der Waals surface area contributed by atoms with Crippen molar-refractivity contribution in [3.05, 3.63) is 19.9 Å². The van der Waals surface area contributed by atoms with Gasteiger partial charge in [-0.3, -0.25) is 4.79 Å². The van der Waals surface area contributed by atoms with Crippen LogP contribution in [-0.4, -0.2) is 23.9 Å². The maximum Gasteiger partial charge on any atom is 0.254 e. The molecule has 1 aliphatic carbocycles. The molecule has 1 saturated carbocycles. The minimum atomic E-state index is 0.189. The normalized spacial score (nSPS) is 23.9. The van der Waals surface area contributed by atoms with Gasteiger partial charge < -0.3 is 4.90 Å². The van der Waals surface area contributed by atoms with Gasteiger partial charge in [0.1, 0.15) is 0 Å². The van der Waals surface area contributed by atoms with E-state index >= 15 is 0 Å². The lowest BCUT2D eigenvalue weighted by atomic mass is 9.84. The van der Waals surface area contributed by atoms with Crippen LogP contribution in [0.4, 0.5) is 0 Å². The van der Waals surface area contributed by atoms with Crippen LogP contribution in [0, 0.1) is 8.80 Å². The maximum absolute atomic E-state index is 12.3. The number of carbonyl (C=O) groups is 1. The molecule has 1 amide bonds. The lowest BCUT2D eigenvalue weighted by Crippen LogP contribution is -2.39. The van der Waals surface area contributed by atoms with E-state index in [1.54, 1.807) is 11.3 Å². The largest absolute Gasteiger partial charge is 0.339 e. The lowest BCUT2D eigenvalue weighted by molar-refractivity contribution is 0.0675. The molecule has 1 aliphatic rings. The molecule has 100 valence electrons. The summed E-state index contributed by atoms with van der Waals surface area (Å²) >= 11 is 3.91. The minimum Gasteiger partial charge on any atom is -0.339 e. The number of nitrogens with zero attached hydrogens (tertiary/aromatic N) is 1. The first-order chi connectivity index (χ1) is 8.61. The fraction of sp³-hybridized carbons (Fsp3) is 0.643. The Balaban J connectivity index is 1.95. The zero-order valence-corrected chi connectivity index (χ0v) is 14.0. The predicted molar refractivity (Wildman–Crippen MR) is 85.2 cm³/mol. The summed E-state index contributed by atoms with van der Waals surface area (Å²) in [6.07, 6.45) is 6.18. The number of rotatable bonds is 3. The quantitative estimate of drug-likeness (QED) is 0.716. The molecule has 0 unspecified atom stereocenters. The van der Waals surface area contributed by atoms with Crippen LogP contribution in [0.1, 0.15) is 49.4 Å². The van der Waals surface area contributed by atoms with Gasteiger partial charge in [-0.15, -0.1) is 11.3 Å². The first kappa shape index (κ1) is 14.3. The van der Waals surface area contributed by atoms with Gasteiger partial charge >= 0.3 is 0 Å². The van der Waals surface area contributed by atoms with Crippen LogP contribution >= 0.6 is 33.9 Å². The molecule has 0 bridgehead atoms. The number of hydrogen-bond donors (Lipinski definition) is 0. The van der Waals surface area contributed by atoms with Crippen molar-refractivity contribution < 1.29 is 4.79 Å². The molecule has 0 radical (unpaired) electrons. The van der Waals surface area contributed by atoms with Crippen LogP contribution in [0.3, 0.4) is 0 Å². The van der Waals surface area contributed by atoms with E-state index in [4.69, 9.17) is 0 Å². The zero-order chi connectivity index (χ0) is 13.1. The second-order valence-corrected chi connectivity index (χ2v) is 7.94. The van der Waals surface area contributed by atoms with Crippen molar-refractivity contribution in [3.8, 4) is 0 Å². The molecule has 1 heterocycles. The summed E-state index contributed by atoms with van der Waals surface area (Å²) in [6, 6.07) is 2.43. The molecule has 18 heavy (non-hydrogen) atoms. The zero-order valence-electron chi connectivity index (χ0n) is 11.0. The summed E-state index contributed by atoms with van der Waals surface area (Å²) < 4.78 is 1.18. The van der Waals surface area contributed by atoms with Gasteiger partial charge in [-0.2, -0.15) is 0 Å². The Labute approximate surface area is 127 Å². The van der Waals surface area contributed by atoms with Crippen LogP contribution in [0.2, 0.25) is 0 Å². The highest BCUT2D eigenvalue weighted by Crippen LogP contribution is 2.30. The van der Waals surface area contributed by atoms with Crippen LogP contribution < -0.4 is 0 Å². The van der Waals surface area contributed by atoms with Crippen molar-refractivity contribution in [3.63, 3.8) is 0 Å². The molecule has 1 aromatic heterocycles. The number of thiophene rings is 1. The van der Waals surface area contributed by atoms with Gasteiger partial charge in [-0.05, 0) is 60.3 Å². The smallest absolute Gasteiger partial charge is 0.254 e. The fourth-order valence-corrected chi connectivity index (χ4v) is 4.05. The molecule has 1 aromatic rings. The van der Waals surface area contributed by atoms with Crippen molar-refractivity contribution in [1.82, 2.24) is 4.90 Å². The Kier molecular flexibility index (Phi) is 5.06. The Morgan fingerprint density at radius 2 is 2.11 bits per heavy atom. The van der Waals surface area contributed by atoms with Crippen molar-refractivity contribution in [2.75, 3.05) is 7.05 Å². The van der Waals surface area contributed by atoms with Gasteiger partial charge in [0, 0.05) is 18.5 Å². The Morgan fingerprint density at radius 1 is 1.44 bits per heavy atom. The standard InChI is InChI=1S/C14H20INOS/c1-3-10-4-6-12(7-5-10)16(2)14(17)11-8-13(15)18-9-11/h8-10,12H,3-7H2,1-2H3. The van der Waals surface area contributed by atoms with Gasteiger partial charge in [0.2, 0.25) is 0 Å². The van der Waals surface area contributed by atoms with Crippen LogP contribution in [-0.2, 0) is 0 Å². The highest BCUT2D eigenvalue weighted by atomic mass is 127. The van der Waals surface area contributed by atoms with E-state index in [0.717, 1.165) is 11.5 Å². The molecule has 2 rings (SSSR count). The first-order valence-corrected chi connectivity index (χ1v) is 8.58. The second-order valence-electron chi connectivity index (χ2n) is 5.14. The van der Waals surface area contributed by atoms with E-state index in [-0.39, 0.29) is 5.91 Å². The van der Waals surface area contributed by atoms with Crippen LogP contribution in [0.25, 0.3) is 0 Å². The Hall–Kier alpha value is -0.100. The van der Waals surface area contributed by atoms with E-state index in [1.165, 1.54) is 35.0 Å². The summed E-state index contributed by atoms with van der Waals surface area (Å²) in [5.74, 6) is 1.07. The van der Waals surface area contributed by atoms with Crippen molar-refractivity contribution in [1.29, 1.82) is 0 Å². The summed E-state index contributed by atoms with van der Waals surface area (Å²) in [6.45, 7) is 2.27. The third kappa shape index (κ3) is 3.26. The van der Waals surface area contributed by atoms with Crippen molar-refractivity contribution in [2.45, 2.75) is 45.1 Å². The Morgan fingerprint density at radius 3 is 2.61 bits per heavy atom. The molecule has 0 aromatic carbocycles. The fourth-order valence-electron chi connectivity index (χ4n) is 2.73. The van der Waals surface area contributed by atoms with Crippen LogP contribution in [0.15, 0.2) is 11.4 Å². The van der Waals surface area contributed by atoms with Gasteiger partial charge in [-0.25, -0.2) is 0 Å². The third-order valence-corrected chi connectivity index (χ3v) is 5.87. The molecule has 4 heteroatoms. The predicted octanol–water partition coefficient (Wildman–Crippen LogP) is 4.39.